The summed E-state index contributed by atoms with van der Waals surface area (Å²) in [6, 6.07) is 0. The number of hydrogen-bond donors (Lipinski definition) is 1. The lowest BCUT2D eigenvalue weighted by Gasteiger charge is -2.47. The van der Waals surface area contributed by atoms with Crippen LogP contribution < -0.4 is 5.73 Å². The van der Waals surface area contributed by atoms with E-state index in [1.165, 1.54) is 154 Å². The zero-order valence-corrected chi connectivity index (χ0v) is 28.7. The summed E-state index contributed by atoms with van der Waals surface area (Å²) in [5.74, 6) is 0.758. The summed E-state index contributed by atoms with van der Waals surface area (Å²) in [7, 11) is 4.25. The van der Waals surface area contributed by atoms with Crippen molar-refractivity contribution in [2.75, 3.05) is 40.3 Å². The van der Waals surface area contributed by atoms with Gasteiger partial charge in [-0.15, -0.1) is 14.7 Å². The van der Waals surface area contributed by atoms with Crippen molar-refractivity contribution < 1.29 is 4.70 Å². The fraction of sp³-hybridized carbons (Fsp3) is 0.971. The number of aliphatic imine (C=N–C) groups is 1. The second-order valence-electron chi connectivity index (χ2n) is 12.5. The predicted molar refractivity (Wildman–Crippen MR) is 180 cm³/mol. The number of guanidine groups is 1. The smallest absolute Gasteiger partial charge is 0.335 e. The fourth-order valence-corrected chi connectivity index (χ4v) is 5.96. The molecule has 0 aromatic rings. The molecule has 240 valence electrons. The van der Waals surface area contributed by atoms with Gasteiger partial charge in [-0.1, -0.05) is 156 Å². The maximum Gasteiger partial charge on any atom is 0.335 e. The Balaban J connectivity index is 5.61. The molecule has 0 unspecified atom stereocenters. The van der Waals surface area contributed by atoms with Crippen LogP contribution in [0.4, 0.5) is 0 Å². The fourth-order valence-electron chi connectivity index (χ4n) is 5.96. The molecule has 0 saturated carbocycles. The highest BCUT2D eigenvalue weighted by Gasteiger charge is 2.41. The summed E-state index contributed by atoms with van der Waals surface area (Å²) < 4.78 is 0.588. The first-order chi connectivity index (χ1) is 19.5. The molecule has 0 aliphatic carbocycles. The first kappa shape index (κ1) is 39.4. The molecule has 0 spiro atoms. The van der Waals surface area contributed by atoms with Gasteiger partial charge >= 0.3 is 5.96 Å². The molecule has 2 N–H and O–H groups in total. The molecule has 0 bridgehead atoms. The highest BCUT2D eigenvalue weighted by atomic mass is 16.0. The Kier molecular flexibility index (Phi) is 28.0. The van der Waals surface area contributed by atoms with Crippen LogP contribution in [0.15, 0.2) is 4.99 Å². The van der Waals surface area contributed by atoms with Crippen molar-refractivity contribution in [3.63, 3.8) is 0 Å². The lowest BCUT2D eigenvalue weighted by Crippen LogP contribution is -2.72. The van der Waals surface area contributed by atoms with E-state index in [1.807, 2.05) is 7.05 Å². The Labute approximate surface area is 253 Å². The van der Waals surface area contributed by atoms with E-state index in [4.69, 9.17) is 5.73 Å². The van der Waals surface area contributed by atoms with Crippen LogP contribution in [-0.4, -0.2) is 61.0 Å². The molecule has 0 aliphatic rings. The van der Waals surface area contributed by atoms with E-state index in [1.54, 1.807) is 0 Å². The van der Waals surface area contributed by atoms with E-state index in [9.17, 15) is 0 Å². The summed E-state index contributed by atoms with van der Waals surface area (Å²) in [5, 5.41) is 5.38. The van der Waals surface area contributed by atoms with Crippen molar-refractivity contribution in [3.05, 3.63) is 0 Å². The van der Waals surface area contributed by atoms with E-state index in [0.717, 1.165) is 32.1 Å². The van der Waals surface area contributed by atoms with Crippen molar-refractivity contribution >= 4 is 5.96 Å². The van der Waals surface area contributed by atoms with Crippen molar-refractivity contribution in [2.24, 2.45) is 10.7 Å². The molecule has 0 heterocycles. The van der Waals surface area contributed by atoms with Gasteiger partial charge in [0.15, 0.2) is 0 Å². The maximum absolute atomic E-state index is 6.87. The normalized spacial score (nSPS) is 12.8. The largest absolute Gasteiger partial charge is 0.335 e. The maximum atomic E-state index is 6.87. The van der Waals surface area contributed by atoms with E-state index < -0.39 is 0 Å². The van der Waals surface area contributed by atoms with Crippen LogP contribution in [0, 0.1) is 0 Å². The zero-order chi connectivity index (χ0) is 29.7. The minimum absolute atomic E-state index is 0.588. The first-order valence-electron chi connectivity index (χ1n) is 18.1. The number of hydrogen-bond acceptors (Lipinski definition) is 3. The van der Waals surface area contributed by atoms with E-state index >= 15 is 0 Å². The monoisotopic (exact) mass is 567 g/mol. The van der Waals surface area contributed by atoms with Gasteiger partial charge in [0.2, 0.25) is 0 Å². The third-order valence-corrected chi connectivity index (χ3v) is 8.84. The van der Waals surface area contributed by atoms with Gasteiger partial charge in [0.05, 0.1) is 26.2 Å². The van der Waals surface area contributed by atoms with Gasteiger partial charge in [0, 0.05) is 7.05 Å². The van der Waals surface area contributed by atoms with Crippen LogP contribution in [-0.2, 0) is 0 Å². The van der Waals surface area contributed by atoms with Gasteiger partial charge in [-0.2, -0.15) is 0 Å². The minimum atomic E-state index is 0.588. The van der Waals surface area contributed by atoms with Crippen LogP contribution in [0.5, 0.6) is 0 Å². The van der Waals surface area contributed by atoms with E-state index in [0.29, 0.717) is 4.70 Å². The van der Waals surface area contributed by atoms with Crippen LogP contribution >= 0.6 is 0 Å². The number of nitrogens with zero attached hydrogens (tertiary/aromatic N) is 4. The van der Waals surface area contributed by atoms with Crippen molar-refractivity contribution in [2.45, 2.75) is 182 Å². The molecule has 0 amide bonds. The van der Waals surface area contributed by atoms with E-state index in [2.05, 4.69) is 49.8 Å². The number of nitrogens with two attached hydrogens (primary N) is 1. The van der Waals surface area contributed by atoms with Crippen LogP contribution in [0.25, 0.3) is 0 Å². The zero-order valence-electron chi connectivity index (χ0n) is 28.7. The Hall–Kier alpha value is -0.650. The van der Waals surface area contributed by atoms with Crippen LogP contribution in [0.1, 0.15) is 182 Å². The molecule has 0 saturated heterocycles. The number of quaternary nitrogens is 1. The first-order valence-corrected chi connectivity index (χ1v) is 18.1. The Morgan fingerprint density at radius 2 is 0.675 bits per heavy atom. The van der Waals surface area contributed by atoms with Gasteiger partial charge in [-0.3, -0.25) is 0 Å². The number of unbranched alkanes of at least 4 members (excludes halogenated alkanes) is 20. The summed E-state index contributed by atoms with van der Waals surface area (Å²) >= 11 is 0. The highest BCUT2D eigenvalue weighted by Crippen LogP contribution is 2.22. The molecule has 5 nitrogen and oxygen atoms in total. The molecule has 0 aromatic carbocycles. The topological polar surface area (TPSA) is 44.9 Å². The lowest BCUT2D eigenvalue weighted by molar-refractivity contribution is -1.05. The van der Waals surface area contributed by atoms with Crippen molar-refractivity contribution in [1.82, 2.24) is 10.0 Å². The Morgan fingerprint density at radius 1 is 0.450 bits per heavy atom. The molecule has 0 radical (unpaired) electrons. The Bertz CT molecular complexity index is 482. The summed E-state index contributed by atoms with van der Waals surface area (Å²) in [4.78, 5) is 4.66. The predicted octanol–water partition coefficient (Wildman–Crippen LogP) is 10.3. The van der Waals surface area contributed by atoms with Gasteiger partial charge in [0.25, 0.3) is 0 Å². The minimum Gasteiger partial charge on any atom is -0.335 e. The summed E-state index contributed by atoms with van der Waals surface area (Å²) in [6.45, 7) is 13.7. The van der Waals surface area contributed by atoms with Crippen molar-refractivity contribution in [3.8, 4) is 0 Å². The average molecular weight is 567 g/mol. The van der Waals surface area contributed by atoms with Gasteiger partial charge in [-0.05, 0) is 25.7 Å². The molecular formula is C35H76N5+. The highest BCUT2D eigenvalue weighted by molar-refractivity contribution is 5.70. The molecule has 0 aromatic heterocycles. The molecule has 40 heavy (non-hydrogen) atoms. The molecule has 0 rings (SSSR count). The van der Waals surface area contributed by atoms with Crippen molar-refractivity contribution in [1.29, 1.82) is 0 Å². The standard InChI is InChI=1S/C35H76N5/c1-7-11-15-19-23-27-31-38(32-28-24-20-16-12-8-2)40(6,35(36)37-5)39(33-29-25-21-17-13-9-3)34-30-26-22-18-14-10-4/h7-34H2,1-6H3,(H2,36,37)/q+1. The number of rotatable bonds is 30. The second-order valence-corrected chi connectivity index (χ2v) is 12.5. The van der Waals surface area contributed by atoms with Gasteiger partial charge in [0.1, 0.15) is 7.05 Å². The molecule has 0 atom stereocenters. The van der Waals surface area contributed by atoms with Crippen LogP contribution in [0.3, 0.4) is 0 Å². The third kappa shape index (κ3) is 18.7. The molecular weight excluding hydrogens is 490 g/mol. The average Bonchev–Trinajstić information content (AvgIpc) is 2.97. The summed E-state index contributed by atoms with van der Waals surface area (Å²) in [6.07, 6.45) is 32.0. The SMILES string of the molecule is CCCCCCCCN(CCCCCCCC)[N+](C)(C(N)=NC)N(CCCCCCCC)CCCCCCCC. The lowest BCUT2D eigenvalue weighted by atomic mass is 10.1. The van der Waals surface area contributed by atoms with E-state index in [-0.39, 0.29) is 0 Å². The Morgan fingerprint density at radius 3 is 0.900 bits per heavy atom. The summed E-state index contributed by atoms with van der Waals surface area (Å²) in [5.41, 5.74) is 6.87. The molecule has 0 aliphatic heterocycles. The van der Waals surface area contributed by atoms with Gasteiger partial charge < -0.3 is 5.73 Å². The molecule has 0 fully saturated rings. The van der Waals surface area contributed by atoms with Gasteiger partial charge in [-0.25, -0.2) is 4.99 Å². The quantitative estimate of drug-likeness (QED) is 0.0309. The second kappa shape index (κ2) is 28.5. The third-order valence-electron chi connectivity index (χ3n) is 8.84. The molecule has 5 heteroatoms. The van der Waals surface area contributed by atoms with Crippen LogP contribution in [0.2, 0.25) is 0 Å².